The number of benzene rings is 3. The van der Waals surface area contributed by atoms with Crippen LogP contribution in [0.4, 0.5) is 0 Å². The Morgan fingerprint density at radius 3 is 2.36 bits per heavy atom. The average molecular weight is 502 g/mol. The number of Topliss-reactive ketones (excluding diaryl/α,β-unsaturated/α-hetero) is 1. The van der Waals surface area contributed by atoms with Crippen LogP contribution < -0.4 is 10.3 Å². The molecule has 7 heteroatoms. The maximum atomic E-state index is 13.2. The van der Waals surface area contributed by atoms with Crippen LogP contribution in [0.5, 0.6) is 11.5 Å². The summed E-state index contributed by atoms with van der Waals surface area (Å²) in [4.78, 5) is 36.2. The number of pyridine rings is 1. The summed E-state index contributed by atoms with van der Waals surface area (Å²) in [5.74, 6) is -0.415. The Kier molecular flexibility index (Phi) is 7.36. The Hall–Kier alpha value is -4.16. The summed E-state index contributed by atoms with van der Waals surface area (Å²) in [5, 5.41) is 9.81. The van der Waals surface area contributed by atoms with Gasteiger partial charge in [-0.05, 0) is 72.1 Å². The summed E-state index contributed by atoms with van der Waals surface area (Å²) in [5.41, 5.74) is 3.27. The van der Waals surface area contributed by atoms with Gasteiger partial charge in [-0.25, -0.2) is 4.79 Å². The molecule has 1 heterocycles. The molecule has 0 amide bonds. The zero-order chi connectivity index (χ0) is 25.8. The molecule has 1 unspecified atom stereocenters. The zero-order valence-corrected chi connectivity index (χ0v) is 20.5. The first-order chi connectivity index (χ1) is 17.2. The van der Waals surface area contributed by atoms with Gasteiger partial charge in [0.2, 0.25) is 5.56 Å². The summed E-state index contributed by atoms with van der Waals surface area (Å²) < 4.78 is 7.23. The number of halogens is 1. The molecule has 4 aromatic rings. The predicted molar refractivity (Wildman–Crippen MR) is 139 cm³/mol. The maximum Gasteiger partial charge on any atom is 0.335 e. The van der Waals surface area contributed by atoms with Crippen LogP contribution in [0.1, 0.15) is 49.7 Å². The second-order valence-corrected chi connectivity index (χ2v) is 8.99. The van der Waals surface area contributed by atoms with Crippen molar-refractivity contribution >= 4 is 23.4 Å². The number of carboxylic acids is 1. The molecule has 0 saturated heterocycles. The van der Waals surface area contributed by atoms with Crippen LogP contribution >= 0.6 is 11.6 Å². The van der Waals surface area contributed by atoms with Crippen LogP contribution in [0.2, 0.25) is 5.02 Å². The van der Waals surface area contributed by atoms with Crippen molar-refractivity contribution in [2.24, 2.45) is 7.05 Å². The SMILES string of the molecule is Cc1cc(Cl)ccc1C(CC(=O)c1ccc(=O)n(C)c1)c1ccc(Oc2cccc(C(=O)O)c2)cc1. The standard InChI is InChI=1S/C29H24ClNO5/c1-18-14-22(30)9-12-25(18)26(16-27(32)21-8-13-28(33)31(2)17-21)19-6-10-23(11-7-19)36-24-5-3-4-20(15-24)29(34)35/h3-15,17,26H,16H2,1-2H3,(H,34,35). The highest BCUT2D eigenvalue weighted by Gasteiger charge is 2.22. The van der Waals surface area contributed by atoms with E-state index in [0.29, 0.717) is 22.1 Å². The van der Waals surface area contributed by atoms with Gasteiger partial charge in [0.1, 0.15) is 11.5 Å². The van der Waals surface area contributed by atoms with Crippen LogP contribution in [0.15, 0.2) is 89.9 Å². The van der Waals surface area contributed by atoms with E-state index in [4.69, 9.17) is 16.3 Å². The quantitative estimate of drug-likeness (QED) is 0.289. The number of carbonyl (C=O) groups excluding carboxylic acids is 1. The lowest BCUT2D eigenvalue weighted by molar-refractivity contribution is 0.0696. The van der Waals surface area contributed by atoms with Gasteiger partial charge in [0.15, 0.2) is 5.78 Å². The number of carboxylic acid groups (broad SMARTS) is 1. The van der Waals surface area contributed by atoms with Gasteiger partial charge in [0, 0.05) is 42.2 Å². The van der Waals surface area contributed by atoms with Crippen molar-refractivity contribution in [2.45, 2.75) is 19.3 Å². The molecule has 1 N–H and O–H groups in total. The van der Waals surface area contributed by atoms with Gasteiger partial charge in [0.05, 0.1) is 5.56 Å². The topological polar surface area (TPSA) is 85.6 Å². The molecule has 36 heavy (non-hydrogen) atoms. The highest BCUT2D eigenvalue weighted by molar-refractivity contribution is 6.30. The van der Waals surface area contributed by atoms with Gasteiger partial charge in [-0.1, -0.05) is 35.9 Å². The number of hydrogen-bond donors (Lipinski definition) is 1. The molecule has 0 bridgehead atoms. The highest BCUT2D eigenvalue weighted by atomic mass is 35.5. The monoisotopic (exact) mass is 501 g/mol. The lowest BCUT2D eigenvalue weighted by atomic mass is 9.84. The molecule has 0 spiro atoms. The Morgan fingerprint density at radius 1 is 0.944 bits per heavy atom. The Labute approximate surface area is 213 Å². The second-order valence-electron chi connectivity index (χ2n) is 8.55. The summed E-state index contributed by atoms with van der Waals surface area (Å²) in [6.07, 6.45) is 1.75. The number of aryl methyl sites for hydroxylation is 2. The minimum atomic E-state index is -1.03. The molecular weight excluding hydrogens is 478 g/mol. The molecule has 182 valence electrons. The summed E-state index contributed by atoms with van der Waals surface area (Å²) in [6.45, 7) is 1.96. The number of aromatic nitrogens is 1. The van der Waals surface area contributed by atoms with Crippen molar-refractivity contribution in [3.63, 3.8) is 0 Å². The van der Waals surface area contributed by atoms with Gasteiger partial charge in [-0.2, -0.15) is 0 Å². The van der Waals surface area contributed by atoms with E-state index in [-0.39, 0.29) is 29.2 Å². The minimum absolute atomic E-state index is 0.0873. The molecule has 3 aromatic carbocycles. The summed E-state index contributed by atoms with van der Waals surface area (Å²) in [7, 11) is 1.62. The second kappa shape index (κ2) is 10.6. The van der Waals surface area contributed by atoms with E-state index in [2.05, 4.69) is 0 Å². The molecular formula is C29H24ClNO5. The smallest absolute Gasteiger partial charge is 0.335 e. The maximum absolute atomic E-state index is 13.2. The number of rotatable bonds is 8. The fraction of sp³-hybridized carbons (Fsp3) is 0.138. The van der Waals surface area contributed by atoms with Gasteiger partial charge in [-0.15, -0.1) is 0 Å². The molecule has 0 fully saturated rings. The third-order valence-electron chi connectivity index (χ3n) is 6.00. The number of nitrogens with zero attached hydrogens (tertiary/aromatic N) is 1. The van der Waals surface area contributed by atoms with Crippen molar-refractivity contribution in [3.05, 3.63) is 128 Å². The molecule has 4 rings (SSSR count). The van der Waals surface area contributed by atoms with Crippen molar-refractivity contribution in [3.8, 4) is 11.5 Å². The molecule has 1 atom stereocenters. The van der Waals surface area contributed by atoms with Gasteiger partial charge < -0.3 is 14.4 Å². The normalized spacial score (nSPS) is 11.6. The van der Waals surface area contributed by atoms with Gasteiger partial charge >= 0.3 is 5.97 Å². The molecule has 0 radical (unpaired) electrons. The first-order valence-corrected chi connectivity index (χ1v) is 11.7. The van der Waals surface area contributed by atoms with E-state index in [0.717, 1.165) is 16.7 Å². The van der Waals surface area contributed by atoms with Crippen molar-refractivity contribution in [1.82, 2.24) is 4.57 Å². The number of hydrogen-bond acceptors (Lipinski definition) is 4. The average Bonchev–Trinajstić information content (AvgIpc) is 2.85. The van der Waals surface area contributed by atoms with E-state index < -0.39 is 5.97 Å². The fourth-order valence-corrected chi connectivity index (χ4v) is 4.32. The van der Waals surface area contributed by atoms with Crippen LogP contribution in [-0.4, -0.2) is 21.4 Å². The molecule has 0 aliphatic heterocycles. The molecule has 1 aromatic heterocycles. The zero-order valence-electron chi connectivity index (χ0n) is 19.8. The van der Waals surface area contributed by atoms with E-state index in [1.807, 2.05) is 31.2 Å². The third-order valence-corrected chi connectivity index (χ3v) is 6.24. The molecule has 0 aliphatic rings. The first kappa shape index (κ1) is 24.9. The molecule has 0 saturated carbocycles. The van der Waals surface area contributed by atoms with E-state index in [1.165, 1.54) is 22.8 Å². The fourth-order valence-electron chi connectivity index (χ4n) is 4.10. The molecule has 6 nitrogen and oxygen atoms in total. The first-order valence-electron chi connectivity index (χ1n) is 11.3. The lowest BCUT2D eigenvalue weighted by Gasteiger charge is -2.20. The number of ketones is 1. The lowest BCUT2D eigenvalue weighted by Crippen LogP contribution is -2.17. The van der Waals surface area contributed by atoms with Crippen LogP contribution in [0.25, 0.3) is 0 Å². The van der Waals surface area contributed by atoms with Gasteiger partial charge in [0.25, 0.3) is 0 Å². The van der Waals surface area contributed by atoms with E-state index >= 15 is 0 Å². The summed E-state index contributed by atoms with van der Waals surface area (Å²) in [6, 6.07) is 22.2. The van der Waals surface area contributed by atoms with E-state index in [1.54, 1.807) is 49.6 Å². The predicted octanol–water partition coefficient (Wildman–Crippen LogP) is 6.24. The Balaban J connectivity index is 1.64. The van der Waals surface area contributed by atoms with Crippen LogP contribution in [-0.2, 0) is 7.05 Å². The highest BCUT2D eigenvalue weighted by Crippen LogP contribution is 2.34. The van der Waals surface area contributed by atoms with Crippen molar-refractivity contribution < 1.29 is 19.4 Å². The number of ether oxygens (including phenoxy) is 1. The van der Waals surface area contributed by atoms with Crippen LogP contribution in [0.3, 0.4) is 0 Å². The molecule has 0 aliphatic carbocycles. The largest absolute Gasteiger partial charge is 0.478 e. The van der Waals surface area contributed by atoms with E-state index in [9.17, 15) is 19.5 Å². The van der Waals surface area contributed by atoms with Gasteiger partial charge in [-0.3, -0.25) is 9.59 Å². The third kappa shape index (κ3) is 5.73. The number of carbonyl (C=O) groups is 2. The van der Waals surface area contributed by atoms with Crippen molar-refractivity contribution in [1.29, 1.82) is 0 Å². The Morgan fingerprint density at radius 2 is 1.69 bits per heavy atom. The van der Waals surface area contributed by atoms with Crippen LogP contribution in [0, 0.1) is 6.92 Å². The minimum Gasteiger partial charge on any atom is -0.478 e. The summed E-state index contributed by atoms with van der Waals surface area (Å²) >= 11 is 6.18. The number of aromatic carboxylic acids is 1. The Bertz CT molecular complexity index is 1490. The van der Waals surface area contributed by atoms with Crippen molar-refractivity contribution in [2.75, 3.05) is 0 Å².